The number of nitrogens with zero attached hydrogens (tertiary/aromatic N) is 2. The fourth-order valence-corrected chi connectivity index (χ4v) is 2.81. The highest BCUT2D eigenvalue weighted by atomic mass is 16.5. The third-order valence-electron chi connectivity index (χ3n) is 4.17. The lowest BCUT2D eigenvalue weighted by Crippen LogP contribution is -2.18. The van der Waals surface area contributed by atoms with E-state index < -0.39 is 0 Å². The number of aromatic amines is 1. The molecule has 134 valence electrons. The van der Waals surface area contributed by atoms with Gasteiger partial charge in [-0.1, -0.05) is 42.5 Å². The van der Waals surface area contributed by atoms with E-state index in [1.165, 1.54) is 0 Å². The number of ether oxygens (including phenoxy) is 1. The Bertz CT molecular complexity index is 1050. The maximum Gasteiger partial charge on any atom is 0.251 e. The molecule has 0 spiro atoms. The number of nitrogens with one attached hydrogen (secondary N) is 2. The maximum absolute atomic E-state index is 12.1. The fraction of sp³-hybridized carbons (Fsp3) is 0.0952. The Hall–Kier alpha value is -3.51. The van der Waals surface area contributed by atoms with Crippen LogP contribution in [0.3, 0.4) is 0 Å². The quantitative estimate of drug-likeness (QED) is 0.550. The molecule has 0 saturated carbocycles. The Morgan fingerprint density at radius 3 is 2.70 bits per heavy atom. The molecule has 0 bridgehead atoms. The molecule has 0 saturated heterocycles. The second-order valence-corrected chi connectivity index (χ2v) is 6.15. The molecule has 27 heavy (non-hydrogen) atoms. The van der Waals surface area contributed by atoms with Gasteiger partial charge < -0.3 is 10.1 Å². The highest BCUT2D eigenvalue weighted by Crippen LogP contribution is 2.24. The second kappa shape index (κ2) is 7.80. The van der Waals surface area contributed by atoms with Gasteiger partial charge in [0.25, 0.3) is 5.91 Å². The van der Waals surface area contributed by atoms with Crippen molar-refractivity contribution in [3.63, 3.8) is 0 Å². The van der Waals surface area contributed by atoms with Gasteiger partial charge in [0, 0.05) is 23.3 Å². The largest absolute Gasteiger partial charge is 0.367 e. The van der Waals surface area contributed by atoms with Crippen LogP contribution < -0.4 is 5.32 Å². The predicted octanol–water partition coefficient (Wildman–Crippen LogP) is 3.78. The van der Waals surface area contributed by atoms with Gasteiger partial charge in [-0.2, -0.15) is 5.10 Å². The number of hydrogen-bond donors (Lipinski definition) is 2. The molecular formula is C21H18N4O2. The molecule has 6 heteroatoms. The van der Waals surface area contributed by atoms with Gasteiger partial charge in [-0.3, -0.25) is 9.89 Å². The van der Waals surface area contributed by atoms with E-state index in [1.807, 2.05) is 60.8 Å². The van der Waals surface area contributed by atoms with Gasteiger partial charge in [0.15, 0.2) is 0 Å². The second-order valence-electron chi connectivity index (χ2n) is 6.15. The molecule has 0 fully saturated rings. The zero-order valence-corrected chi connectivity index (χ0v) is 14.6. The smallest absolute Gasteiger partial charge is 0.251 e. The van der Waals surface area contributed by atoms with Crippen molar-refractivity contribution in [1.29, 1.82) is 0 Å². The number of rotatable bonds is 6. The lowest BCUT2D eigenvalue weighted by Gasteiger charge is -2.07. The lowest BCUT2D eigenvalue weighted by molar-refractivity contribution is -0.121. The van der Waals surface area contributed by atoms with Crippen molar-refractivity contribution >= 4 is 22.5 Å². The van der Waals surface area contributed by atoms with Crippen LogP contribution in [0.15, 0.2) is 73.2 Å². The van der Waals surface area contributed by atoms with E-state index >= 15 is 0 Å². The number of pyridine rings is 1. The topological polar surface area (TPSA) is 79.9 Å². The first kappa shape index (κ1) is 16.9. The molecule has 0 radical (unpaired) electrons. The summed E-state index contributed by atoms with van der Waals surface area (Å²) >= 11 is 0. The average Bonchev–Trinajstić information content (AvgIpc) is 3.23. The first-order valence-corrected chi connectivity index (χ1v) is 8.58. The van der Waals surface area contributed by atoms with Gasteiger partial charge in [0.2, 0.25) is 0 Å². The van der Waals surface area contributed by atoms with Gasteiger partial charge in [0.05, 0.1) is 12.8 Å². The number of carbonyl (C=O) groups is 1. The number of anilines is 1. The number of fused-ring (bicyclic) bond motifs is 1. The first-order chi connectivity index (χ1) is 13.3. The summed E-state index contributed by atoms with van der Waals surface area (Å²) in [4.78, 5) is 16.4. The molecule has 4 rings (SSSR count). The molecule has 4 aromatic rings. The summed E-state index contributed by atoms with van der Waals surface area (Å²) in [5.41, 5.74) is 3.08. The van der Waals surface area contributed by atoms with E-state index in [2.05, 4.69) is 20.5 Å². The number of hydrogen-bond acceptors (Lipinski definition) is 4. The maximum atomic E-state index is 12.1. The van der Waals surface area contributed by atoms with E-state index in [1.54, 1.807) is 12.4 Å². The third kappa shape index (κ3) is 4.19. The molecule has 0 unspecified atom stereocenters. The van der Waals surface area contributed by atoms with Gasteiger partial charge in [-0.15, -0.1) is 0 Å². The minimum absolute atomic E-state index is 0.0241. The molecule has 2 aromatic heterocycles. The molecule has 1 amide bonds. The van der Waals surface area contributed by atoms with Crippen molar-refractivity contribution in [3.05, 3.63) is 78.8 Å². The molecule has 2 aromatic carbocycles. The van der Waals surface area contributed by atoms with E-state index in [0.29, 0.717) is 12.4 Å². The Labute approximate surface area is 156 Å². The molecular weight excluding hydrogens is 340 g/mol. The molecule has 0 aliphatic heterocycles. The van der Waals surface area contributed by atoms with Crippen LogP contribution in [0.5, 0.6) is 0 Å². The summed E-state index contributed by atoms with van der Waals surface area (Å²) in [5, 5.41) is 11.6. The lowest BCUT2D eigenvalue weighted by atomic mass is 10.1. The van der Waals surface area contributed by atoms with E-state index in [0.717, 1.165) is 27.5 Å². The van der Waals surface area contributed by atoms with Crippen LogP contribution in [0.25, 0.3) is 21.9 Å². The normalized spacial score (nSPS) is 10.8. The summed E-state index contributed by atoms with van der Waals surface area (Å²) in [6.45, 7) is 0.372. The molecule has 2 N–H and O–H groups in total. The summed E-state index contributed by atoms with van der Waals surface area (Å²) in [6.07, 6.45) is 5.36. The Balaban J connectivity index is 1.41. The SMILES string of the molecule is O=C(COCc1ccccc1)Nc1cc2cc(-c3cn[nH]c3)ccc2cn1. The summed E-state index contributed by atoms with van der Waals surface area (Å²) < 4.78 is 5.46. The number of carbonyl (C=O) groups excluding carboxylic acids is 1. The summed E-state index contributed by atoms with van der Waals surface area (Å²) in [6, 6.07) is 17.7. The predicted molar refractivity (Wildman–Crippen MR) is 104 cm³/mol. The van der Waals surface area contributed by atoms with Crippen LogP contribution in [0, 0.1) is 0 Å². The van der Waals surface area contributed by atoms with Crippen molar-refractivity contribution in [3.8, 4) is 11.1 Å². The molecule has 0 aliphatic carbocycles. The third-order valence-corrected chi connectivity index (χ3v) is 4.17. The van der Waals surface area contributed by atoms with Crippen LogP contribution in [0.4, 0.5) is 5.82 Å². The van der Waals surface area contributed by atoms with Crippen LogP contribution >= 0.6 is 0 Å². The van der Waals surface area contributed by atoms with Crippen LogP contribution in [0.1, 0.15) is 5.56 Å². The highest BCUT2D eigenvalue weighted by Gasteiger charge is 2.06. The summed E-state index contributed by atoms with van der Waals surface area (Å²) in [5.74, 6) is 0.268. The van der Waals surface area contributed by atoms with Gasteiger partial charge >= 0.3 is 0 Å². The fourth-order valence-electron chi connectivity index (χ4n) is 2.81. The molecule has 2 heterocycles. The standard InChI is InChI=1S/C21H18N4O2/c26-21(14-27-13-15-4-2-1-3-5-15)25-20-9-18-8-16(19-11-23-24-12-19)6-7-17(18)10-22-20/h1-12H,13-14H2,(H,23,24)(H,22,25,26). The molecule has 6 nitrogen and oxygen atoms in total. The molecule has 0 aliphatic rings. The minimum Gasteiger partial charge on any atom is -0.367 e. The van der Waals surface area contributed by atoms with Crippen molar-refractivity contribution in [2.24, 2.45) is 0 Å². The number of aromatic nitrogens is 3. The van der Waals surface area contributed by atoms with Gasteiger partial charge in [-0.05, 0) is 28.6 Å². The zero-order chi connectivity index (χ0) is 18.5. The van der Waals surface area contributed by atoms with Gasteiger partial charge in [0.1, 0.15) is 12.4 Å². The van der Waals surface area contributed by atoms with Crippen LogP contribution in [-0.2, 0) is 16.1 Å². The Kier molecular flexibility index (Phi) is 4.89. The van der Waals surface area contributed by atoms with E-state index in [4.69, 9.17) is 4.74 Å². The number of H-pyrrole nitrogens is 1. The molecule has 0 atom stereocenters. The van der Waals surface area contributed by atoms with Crippen LogP contribution in [0.2, 0.25) is 0 Å². The first-order valence-electron chi connectivity index (χ1n) is 8.58. The van der Waals surface area contributed by atoms with E-state index in [-0.39, 0.29) is 12.5 Å². The van der Waals surface area contributed by atoms with Crippen molar-refractivity contribution in [2.75, 3.05) is 11.9 Å². The Morgan fingerprint density at radius 2 is 1.89 bits per heavy atom. The van der Waals surface area contributed by atoms with Crippen molar-refractivity contribution in [2.45, 2.75) is 6.61 Å². The minimum atomic E-state index is -0.233. The van der Waals surface area contributed by atoms with Crippen LogP contribution in [-0.4, -0.2) is 27.7 Å². The zero-order valence-electron chi connectivity index (χ0n) is 14.6. The van der Waals surface area contributed by atoms with Gasteiger partial charge in [-0.25, -0.2) is 4.98 Å². The number of amides is 1. The van der Waals surface area contributed by atoms with E-state index in [9.17, 15) is 4.79 Å². The Morgan fingerprint density at radius 1 is 1.00 bits per heavy atom. The number of benzene rings is 2. The monoisotopic (exact) mass is 358 g/mol. The highest BCUT2D eigenvalue weighted by molar-refractivity contribution is 5.94. The van der Waals surface area contributed by atoms with Crippen molar-refractivity contribution < 1.29 is 9.53 Å². The summed E-state index contributed by atoms with van der Waals surface area (Å²) in [7, 11) is 0. The van der Waals surface area contributed by atoms with Crippen molar-refractivity contribution in [1.82, 2.24) is 15.2 Å². The average molecular weight is 358 g/mol.